The van der Waals surface area contributed by atoms with E-state index in [1.54, 1.807) is 12.1 Å². The van der Waals surface area contributed by atoms with Gasteiger partial charge in [0.1, 0.15) is 11.5 Å². The monoisotopic (exact) mass is 265 g/mol. The zero-order valence-electron chi connectivity index (χ0n) is 11.4. The topological polar surface area (TPSA) is 72.7 Å². The molecule has 4 heteroatoms. The van der Waals surface area contributed by atoms with Crippen LogP contribution in [-0.2, 0) is 5.54 Å². The Morgan fingerprint density at radius 3 is 2.21 bits per heavy atom. The van der Waals surface area contributed by atoms with E-state index in [1.807, 2.05) is 6.92 Å². The van der Waals surface area contributed by atoms with Crippen LogP contribution in [0.25, 0.3) is 0 Å². The van der Waals surface area contributed by atoms with E-state index in [0.29, 0.717) is 11.6 Å². The third-order valence-corrected chi connectivity index (χ3v) is 3.98. The molecule has 0 heterocycles. The van der Waals surface area contributed by atoms with Crippen LogP contribution in [-0.4, -0.2) is 28.0 Å². The van der Waals surface area contributed by atoms with E-state index < -0.39 is 5.54 Å². The molecule has 1 aromatic carbocycles. The van der Waals surface area contributed by atoms with Crippen LogP contribution in [0.15, 0.2) is 18.2 Å². The number of phenols is 2. The van der Waals surface area contributed by atoms with Crippen molar-refractivity contribution >= 4 is 0 Å². The third kappa shape index (κ3) is 3.39. The summed E-state index contributed by atoms with van der Waals surface area (Å²) in [5.74, 6) is 0.0280. The van der Waals surface area contributed by atoms with E-state index >= 15 is 0 Å². The molecule has 1 aliphatic rings. The molecule has 0 aliphatic heterocycles. The van der Waals surface area contributed by atoms with Crippen molar-refractivity contribution in [1.82, 2.24) is 5.32 Å². The smallest absolute Gasteiger partial charge is 0.119 e. The van der Waals surface area contributed by atoms with Gasteiger partial charge in [0.25, 0.3) is 0 Å². The highest BCUT2D eigenvalue weighted by Gasteiger charge is 2.30. The van der Waals surface area contributed by atoms with E-state index in [9.17, 15) is 15.3 Å². The molecule has 0 amide bonds. The lowest BCUT2D eigenvalue weighted by Crippen LogP contribution is -2.49. The first kappa shape index (κ1) is 14.2. The number of hydrogen-bond acceptors (Lipinski definition) is 4. The Kier molecular flexibility index (Phi) is 4.32. The lowest BCUT2D eigenvalue weighted by Gasteiger charge is -2.36. The number of phenolic OH excluding ortho intramolecular Hbond substituents is 2. The number of nitrogens with one attached hydrogen (secondary N) is 1. The summed E-state index contributed by atoms with van der Waals surface area (Å²) in [6.07, 6.45) is 5.93. The molecule has 2 rings (SSSR count). The summed E-state index contributed by atoms with van der Waals surface area (Å²) in [7, 11) is 0. The maximum atomic E-state index is 9.73. The summed E-state index contributed by atoms with van der Waals surface area (Å²) in [4.78, 5) is 0. The number of aromatic hydroxyl groups is 2. The average Bonchev–Trinajstić information content (AvgIpc) is 2.38. The number of aliphatic hydroxyl groups excluding tert-OH is 1. The molecule has 1 fully saturated rings. The molecule has 1 aliphatic carbocycles. The van der Waals surface area contributed by atoms with Gasteiger partial charge in [-0.1, -0.05) is 19.3 Å². The van der Waals surface area contributed by atoms with Gasteiger partial charge in [0.15, 0.2) is 0 Å². The molecule has 1 saturated carbocycles. The second kappa shape index (κ2) is 5.80. The molecule has 0 spiro atoms. The van der Waals surface area contributed by atoms with E-state index in [0.717, 1.165) is 12.8 Å². The molecule has 106 valence electrons. The van der Waals surface area contributed by atoms with Crippen LogP contribution in [0.5, 0.6) is 11.5 Å². The minimum absolute atomic E-state index is 0.0140. The molecule has 1 aromatic rings. The molecule has 0 bridgehead atoms. The molecule has 1 atom stereocenters. The zero-order chi connectivity index (χ0) is 13.9. The fourth-order valence-electron chi connectivity index (χ4n) is 2.83. The highest BCUT2D eigenvalue weighted by Crippen LogP contribution is 2.30. The van der Waals surface area contributed by atoms with Crippen molar-refractivity contribution < 1.29 is 15.3 Å². The van der Waals surface area contributed by atoms with Crippen LogP contribution in [0.2, 0.25) is 0 Å². The molecule has 0 saturated heterocycles. The fourth-order valence-corrected chi connectivity index (χ4v) is 2.83. The van der Waals surface area contributed by atoms with Crippen molar-refractivity contribution in [2.24, 2.45) is 0 Å². The first-order valence-corrected chi connectivity index (χ1v) is 6.95. The van der Waals surface area contributed by atoms with Crippen LogP contribution in [0, 0.1) is 0 Å². The van der Waals surface area contributed by atoms with Crippen LogP contribution in [0.4, 0.5) is 0 Å². The lowest BCUT2D eigenvalue weighted by molar-refractivity contribution is 0.150. The largest absolute Gasteiger partial charge is 0.508 e. The van der Waals surface area contributed by atoms with E-state index in [2.05, 4.69) is 5.32 Å². The third-order valence-electron chi connectivity index (χ3n) is 3.98. The van der Waals surface area contributed by atoms with Crippen molar-refractivity contribution in [3.05, 3.63) is 23.8 Å². The molecule has 0 radical (unpaired) electrons. The normalized spacial score (nSPS) is 20.1. The van der Waals surface area contributed by atoms with Crippen molar-refractivity contribution in [2.75, 3.05) is 6.61 Å². The molecule has 19 heavy (non-hydrogen) atoms. The van der Waals surface area contributed by atoms with Crippen LogP contribution >= 0.6 is 0 Å². The van der Waals surface area contributed by atoms with Gasteiger partial charge >= 0.3 is 0 Å². The highest BCUT2D eigenvalue weighted by molar-refractivity contribution is 5.40. The Morgan fingerprint density at radius 1 is 1.11 bits per heavy atom. The Morgan fingerprint density at radius 2 is 1.68 bits per heavy atom. The predicted octanol–water partition coefficient (Wildman–Crippen LogP) is 2.23. The quantitative estimate of drug-likeness (QED) is 0.673. The standard InChI is InChI=1S/C15H23NO3/c1-15(10-17,16-12-5-3-2-4-6-12)11-7-13(18)9-14(19)8-11/h7-9,12,16-19H,2-6,10H2,1H3. The SMILES string of the molecule is CC(CO)(NC1CCCCC1)c1cc(O)cc(O)c1. The Hall–Kier alpha value is -1.26. The maximum Gasteiger partial charge on any atom is 0.119 e. The number of benzene rings is 1. The van der Waals surface area contributed by atoms with Gasteiger partial charge in [-0.05, 0) is 37.5 Å². The van der Waals surface area contributed by atoms with Crippen LogP contribution < -0.4 is 5.32 Å². The zero-order valence-corrected chi connectivity index (χ0v) is 11.4. The van der Waals surface area contributed by atoms with Crippen LogP contribution in [0.1, 0.15) is 44.6 Å². The Labute approximate surface area is 114 Å². The summed E-state index contributed by atoms with van der Waals surface area (Å²) in [5, 5.41) is 32.4. The lowest BCUT2D eigenvalue weighted by atomic mass is 9.88. The van der Waals surface area contributed by atoms with Gasteiger partial charge in [-0.25, -0.2) is 0 Å². The number of aliphatic hydroxyl groups is 1. The van der Waals surface area contributed by atoms with Crippen molar-refractivity contribution in [3.63, 3.8) is 0 Å². The van der Waals surface area contributed by atoms with Gasteiger partial charge in [0, 0.05) is 12.1 Å². The minimum Gasteiger partial charge on any atom is -0.508 e. The number of rotatable bonds is 4. The van der Waals surface area contributed by atoms with E-state index in [4.69, 9.17) is 0 Å². The molecular formula is C15H23NO3. The van der Waals surface area contributed by atoms with E-state index in [-0.39, 0.29) is 18.1 Å². The summed E-state index contributed by atoms with van der Waals surface area (Å²) in [6, 6.07) is 4.86. The van der Waals surface area contributed by atoms with Gasteiger partial charge in [-0.3, -0.25) is 0 Å². The van der Waals surface area contributed by atoms with Gasteiger partial charge < -0.3 is 20.6 Å². The maximum absolute atomic E-state index is 9.73. The summed E-state index contributed by atoms with van der Waals surface area (Å²) in [6.45, 7) is 1.82. The summed E-state index contributed by atoms with van der Waals surface area (Å²) < 4.78 is 0. The molecule has 4 nitrogen and oxygen atoms in total. The Balaban J connectivity index is 2.19. The van der Waals surface area contributed by atoms with Crippen molar-refractivity contribution in [1.29, 1.82) is 0 Å². The highest BCUT2D eigenvalue weighted by atomic mass is 16.3. The first-order chi connectivity index (χ1) is 9.03. The molecule has 0 aromatic heterocycles. The molecular weight excluding hydrogens is 242 g/mol. The van der Waals surface area contributed by atoms with Crippen LogP contribution in [0.3, 0.4) is 0 Å². The second-order valence-corrected chi connectivity index (χ2v) is 5.71. The van der Waals surface area contributed by atoms with Gasteiger partial charge in [0.2, 0.25) is 0 Å². The average molecular weight is 265 g/mol. The van der Waals surface area contributed by atoms with Crippen molar-refractivity contribution in [3.8, 4) is 11.5 Å². The summed E-state index contributed by atoms with van der Waals surface area (Å²) in [5.41, 5.74) is 0.0659. The Bertz CT molecular complexity index is 409. The van der Waals surface area contributed by atoms with Gasteiger partial charge in [-0.15, -0.1) is 0 Å². The molecule has 1 unspecified atom stereocenters. The second-order valence-electron chi connectivity index (χ2n) is 5.71. The molecule has 4 N–H and O–H groups in total. The van der Waals surface area contributed by atoms with Crippen molar-refractivity contribution in [2.45, 2.75) is 50.6 Å². The fraction of sp³-hybridized carbons (Fsp3) is 0.600. The summed E-state index contributed by atoms with van der Waals surface area (Å²) >= 11 is 0. The number of hydrogen-bond donors (Lipinski definition) is 4. The van der Waals surface area contributed by atoms with E-state index in [1.165, 1.54) is 25.3 Å². The first-order valence-electron chi connectivity index (χ1n) is 6.95. The predicted molar refractivity (Wildman–Crippen MR) is 74.2 cm³/mol. The minimum atomic E-state index is -0.641. The van der Waals surface area contributed by atoms with Gasteiger partial charge in [0.05, 0.1) is 12.1 Å². The van der Waals surface area contributed by atoms with Gasteiger partial charge in [-0.2, -0.15) is 0 Å².